The molecule has 16 heavy (non-hydrogen) atoms. The summed E-state index contributed by atoms with van der Waals surface area (Å²) in [6.07, 6.45) is -5.26. The number of carbonyl (C=O) groups is 2. The quantitative estimate of drug-likeness (QED) is 0.676. The zero-order valence-corrected chi connectivity index (χ0v) is 8.21. The largest absolute Gasteiger partial charge is 0.490 e. The molecule has 4 nitrogen and oxygen atoms in total. The molecule has 2 N–H and O–H groups in total. The minimum Gasteiger partial charge on any atom is -0.447 e. The van der Waals surface area contributed by atoms with Crippen molar-refractivity contribution in [3.8, 4) is 0 Å². The van der Waals surface area contributed by atoms with Crippen molar-refractivity contribution in [3.05, 3.63) is 0 Å². The molecule has 2 aliphatic carbocycles. The van der Waals surface area contributed by atoms with Gasteiger partial charge in [-0.15, -0.1) is 0 Å². The highest BCUT2D eigenvalue weighted by atomic mass is 19.4. The van der Waals surface area contributed by atoms with Crippen molar-refractivity contribution in [1.29, 1.82) is 0 Å². The van der Waals surface area contributed by atoms with Crippen LogP contribution in [0.5, 0.6) is 0 Å². The molecule has 1 atom stereocenters. The summed E-state index contributed by atoms with van der Waals surface area (Å²) in [6.45, 7) is 0. The van der Waals surface area contributed by atoms with E-state index in [1.165, 1.54) is 0 Å². The van der Waals surface area contributed by atoms with Crippen LogP contribution in [0.1, 0.15) is 19.3 Å². The number of esters is 1. The van der Waals surface area contributed by atoms with Crippen LogP contribution >= 0.6 is 0 Å². The molecule has 2 rings (SSSR count). The third-order valence-corrected chi connectivity index (χ3v) is 3.17. The topological polar surface area (TPSA) is 69.4 Å². The summed E-state index contributed by atoms with van der Waals surface area (Å²) < 4.78 is 40.0. The van der Waals surface area contributed by atoms with E-state index in [2.05, 4.69) is 4.74 Å². The number of Topliss-reactive ketones (excluding diaryl/α,β-unsaturated/α-hetero) is 1. The predicted octanol–water partition coefficient (Wildman–Crippen LogP) is 0.541. The van der Waals surface area contributed by atoms with Crippen LogP contribution < -0.4 is 5.73 Å². The van der Waals surface area contributed by atoms with Crippen LogP contribution in [0.2, 0.25) is 0 Å². The van der Waals surface area contributed by atoms with Crippen molar-refractivity contribution in [1.82, 2.24) is 0 Å². The van der Waals surface area contributed by atoms with E-state index in [4.69, 9.17) is 5.73 Å². The number of nitrogens with two attached hydrogens (primary N) is 1. The number of rotatable bonds is 1. The summed E-state index contributed by atoms with van der Waals surface area (Å²) in [5.74, 6) is -2.75. The maximum absolute atomic E-state index is 11.9. The number of alkyl halides is 3. The summed E-state index contributed by atoms with van der Waals surface area (Å²) in [5.41, 5.74) is 4.90. The number of carbonyl (C=O) groups excluding carboxylic acids is 2. The first kappa shape index (κ1) is 11.4. The van der Waals surface area contributed by atoms with E-state index in [9.17, 15) is 22.8 Å². The van der Waals surface area contributed by atoms with Crippen molar-refractivity contribution in [2.45, 2.75) is 37.6 Å². The zero-order chi connectivity index (χ0) is 12.1. The molecule has 0 aliphatic heterocycles. The van der Waals surface area contributed by atoms with Crippen molar-refractivity contribution < 1.29 is 27.5 Å². The van der Waals surface area contributed by atoms with Gasteiger partial charge in [0.2, 0.25) is 0 Å². The van der Waals surface area contributed by atoms with Crippen LogP contribution in [0, 0.1) is 5.41 Å². The molecule has 0 bridgehead atoms. The van der Waals surface area contributed by atoms with Crippen molar-refractivity contribution >= 4 is 11.8 Å². The first-order valence-corrected chi connectivity index (χ1v) is 4.81. The summed E-state index contributed by atoms with van der Waals surface area (Å²) in [7, 11) is 0. The molecular weight excluding hydrogens is 227 g/mol. The fourth-order valence-corrected chi connectivity index (χ4v) is 2.45. The number of ether oxygens (including phenoxy) is 1. The molecule has 0 amide bonds. The molecule has 1 spiro atoms. The lowest BCUT2D eigenvalue weighted by molar-refractivity contribution is -0.223. The van der Waals surface area contributed by atoms with E-state index < -0.39 is 29.4 Å². The minimum absolute atomic E-state index is 0.111. The second-order valence-corrected chi connectivity index (χ2v) is 4.46. The van der Waals surface area contributed by atoms with Gasteiger partial charge in [0.25, 0.3) is 0 Å². The summed E-state index contributed by atoms with van der Waals surface area (Å²) >= 11 is 0. The van der Waals surface area contributed by atoms with Gasteiger partial charge in [-0.3, -0.25) is 4.79 Å². The standard InChI is InChI=1S/C9H10F3NO3/c10-9(11,12)7(15)16-6-5(14)3-8(6)1-4(13)2-8/h4,6H,1-3,13H2. The van der Waals surface area contributed by atoms with Gasteiger partial charge < -0.3 is 10.5 Å². The number of hydrogen-bond donors (Lipinski definition) is 1. The highest BCUT2D eigenvalue weighted by Crippen LogP contribution is 2.55. The lowest BCUT2D eigenvalue weighted by Crippen LogP contribution is -2.65. The van der Waals surface area contributed by atoms with E-state index in [1.807, 2.05) is 0 Å². The van der Waals surface area contributed by atoms with Crippen molar-refractivity contribution in [2.24, 2.45) is 11.1 Å². The van der Waals surface area contributed by atoms with Crippen LogP contribution in [-0.2, 0) is 14.3 Å². The minimum atomic E-state index is -5.05. The van der Waals surface area contributed by atoms with Gasteiger partial charge in [-0.25, -0.2) is 4.79 Å². The van der Waals surface area contributed by atoms with Crippen molar-refractivity contribution in [3.63, 3.8) is 0 Å². The molecule has 0 aromatic carbocycles. The van der Waals surface area contributed by atoms with Crippen LogP contribution in [0.3, 0.4) is 0 Å². The van der Waals surface area contributed by atoms with Gasteiger partial charge in [-0.2, -0.15) is 13.2 Å². The fraction of sp³-hybridized carbons (Fsp3) is 0.778. The summed E-state index contributed by atoms with van der Waals surface area (Å²) in [6, 6.07) is -0.111. The average Bonchev–Trinajstić information content (AvgIpc) is 2.09. The fourth-order valence-electron chi connectivity index (χ4n) is 2.45. The molecule has 2 fully saturated rings. The van der Waals surface area contributed by atoms with E-state index in [0.29, 0.717) is 12.8 Å². The van der Waals surface area contributed by atoms with Gasteiger partial charge in [0.15, 0.2) is 11.9 Å². The summed E-state index contributed by atoms with van der Waals surface area (Å²) in [5, 5.41) is 0. The molecule has 2 saturated carbocycles. The third kappa shape index (κ3) is 1.59. The van der Waals surface area contributed by atoms with Crippen LogP contribution in [0.25, 0.3) is 0 Å². The molecule has 0 heterocycles. The first-order chi connectivity index (χ1) is 7.24. The maximum Gasteiger partial charge on any atom is 0.490 e. The van der Waals surface area contributed by atoms with E-state index in [-0.39, 0.29) is 12.5 Å². The number of hydrogen-bond acceptors (Lipinski definition) is 4. The normalized spacial score (nSPS) is 37.9. The van der Waals surface area contributed by atoms with E-state index in [1.54, 1.807) is 0 Å². The zero-order valence-electron chi connectivity index (χ0n) is 8.21. The highest BCUT2D eigenvalue weighted by molar-refractivity contribution is 5.94. The Bertz CT molecular complexity index is 346. The Kier molecular flexibility index (Phi) is 2.27. The molecule has 0 aromatic heterocycles. The van der Waals surface area contributed by atoms with Gasteiger partial charge >= 0.3 is 12.1 Å². The van der Waals surface area contributed by atoms with Crippen molar-refractivity contribution in [2.75, 3.05) is 0 Å². The Hall–Kier alpha value is -1.11. The Labute approximate surface area is 88.9 Å². The van der Waals surface area contributed by atoms with Gasteiger partial charge in [0.05, 0.1) is 0 Å². The summed E-state index contributed by atoms with van der Waals surface area (Å²) in [4.78, 5) is 21.7. The Morgan fingerprint density at radius 1 is 1.44 bits per heavy atom. The van der Waals surface area contributed by atoms with Gasteiger partial charge in [-0.05, 0) is 12.8 Å². The Morgan fingerprint density at radius 2 is 2.00 bits per heavy atom. The Balaban J connectivity index is 1.99. The van der Waals surface area contributed by atoms with Gasteiger partial charge in [0, 0.05) is 17.9 Å². The molecule has 0 aromatic rings. The predicted molar refractivity (Wildman–Crippen MR) is 45.2 cm³/mol. The third-order valence-electron chi connectivity index (χ3n) is 3.17. The van der Waals surface area contributed by atoms with E-state index >= 15 is 0 Å². The highest BCUT2D eigenvalue weighted by Gasteiger charge is 2.63. The SMILES string of the molecule is NC1CC2(CC(=O)C2OC(=O)C(F)(F)F)C1. The Morgan fingerprint density at radius 3 is 2.38 bits per heavy atom. The molecule has 1 unspecified atom stereocenters. The van der Waals surface area contributed by atoms with Crippen LogP contribution in [0.4, 0.5) is 13.2 Å². The first-order valence-electron chi connectivity index (χ1n) is 4.81. The maximum atomic E-state index is 11.9. The van der Waals surface area contributed by atoms with Crippen LogP contribution in [0.15, 0.2) is 0 Å². The molecule has 0 saturated heterocycles. The lowest BCUT2D eigenvalue weighted by Gasteiger charge is -2.55. The van der Waals surface area contributed by atoms with Crippen LogP contribution in [-0.4, -0.2) is 30.1 Å². The molecule has 2 aliphatic rings. The molecule has 7 heteroatoms. The average molecular weight is 237 g/mol. The second kappa shape index (κ2) is 3.19. The monoisotopic (exact) mass is 237 g/mol. The van der Waals surface area contributed by atoms with Gasteiger partial charge in [-0.1, -0.05) is 0 Å². The van der Waals surface area contributed by atoms with Gasteiger partial charge in [0.1, 0.15) is 0 Å². The molecular formula is C9H10F3NO3. The smallest absolute Gasteiger partial charge is 0.447 e. The number of ketones is 1. The lowest BCUT2D eigenvalue weighted by atomic mass is 9.51. The second-order valence-electron chi connectivity index (χ2n) is 4.46. The number of halogens is 3. The van der Waals surface area contributed by atoms with E-state index in [0.717, 1.165) is 0 Å². The molecule has 90 valence electrons. The molecule has 0 radical (unpaired) electrons.